The van der Waals surface area contributed by atoms with Crippen LogP contribution in [-0.4, -0.2) is 55.6 Å². The molecule has 6 nitrogen and oxygen atoms in total. The maximum Gasteiger partial charge on any atom is 0.328 e. The molecule has 1 atom stereocenters. The minimum atomic E-state index is -0.471. The van der Waals surface area contributed by atoms with Crippen LogP contribution >= 0.6 is 0 Å². The topological polar surface area (TPSA) is 62.7 Å². The molecule has 0 bridgehead atoms. The van der Waals surface area contributed by atoms with Gasteiger partial charge in [-0.3, -0.25) is 4.79 Å². The molecule has 1 aliphatic heterocycles. The van der Waals surface area contributed by atoms with E-state index in [9.17, 15) is 9.59 Å². The Hall–Kier alpha value is -2.11. The van der Waals surface area contributed by atoms with Gasteiger partial charge in [0.05, 0.1) is 12.7 Å². The summed E-state index contributed by atoms with van der Waals surface area (Å²) in [6.07, 6.45) is 3.01. The van der Waals surface area contributed by atoms with Crippen molar-refractivity contribution in [3.8, 4) is 0 Å². The van der Waals surface area contributed by atoms with Gasteiger partial charge in [-0.2, -0.15) is 0 Å². The number of ether oxygens (including phenoxy) is 1. The van der Waals surface area contributed by atoms with Crippen molar-refractivity contribution in [2.75, 3.05) is 32.6 Å². The van der Waals surface area contributed by atoms with E-state index in [0.717, 1.165) is 12.2 Å². The van der Waals surface area contributed by atoms with Gasteiger partial charge in [0.25, 0.3) is 5.91 Å². The average Bonchev–Trinajstić information content (AvgIpc) is 2.95. The summed E-state index contributed by atoms with van der Waals surface area (Å²) in [5.74, 6) is 0.261. The molecule has 0 aromatic carbocycles. The van der Waals surface area contributed by atoms with Crippen LogP contribution in [0, 0.1) is 0 Å². The highest BCUT2D eigenvalue weighted by Gasteiger charge is 2.35. The second-order valence-electron chi connectivity index (χ2n) is 4.98. The number of carbonyl (C=O) groups is 2. The lowest BCUT2D eigenvalue weighted by molar-refractivity contribution is -0.145. The molecule has 1 amide bonds. The SMILES string of the molecule is COC(=O)C1CCCN1C(=O)c1ccc(N(C)C)nc1. The van der Waals surface area contributed by atoms with Crippen molar-refractivity contribution in [3.05, 3.63) is 23.9 Å². The summed E-state index contributed by atoms with van der Waals surface area (Å²) in [5.41, 5.74) is 0.492. The first-order chi connectivity index (χ1) is 9.54. The van der Waals surface area contributed by atoms with Crippen molar-refractivity contribution in [2.24, 2.45) is 0 Å². The molecule has 1 aliphatic rings. The van der Waals surface area contributed by atoms with E-state index in [2.05, 4.69) is 4.98 Å². The van der Waals surface area contributed by atoms with Crippen molar-refractivity contribution < 1.29 is 14.3 Å². The monoisotopic (exact) mass is 277 g/mol. The van der Waals surface area contributed by atoms with Crippen molar-refractivity contribution >= 4 is 17.7 Å². The Morgan fingerprint density at radius 3 is 2.70 bits per heavy atom. The molecule has 0 aliphatic carbocycles. The molecule has 0 radical (unpaired) electrons. The normalized spacial score (nSPS) is 17.9. The first-order valence-corrected chi connectivity index (χ1v) is 6.56. The third-order valence-corrected chi connectivity index (χ3v) is 3.44. The molecule has 108 valence electrons. The van der Waals surface area contributed by atoms with Gasteiger partial charge < -0.3 is 14.5 Å². The molecule has 2 heterocycles. The standard InChI is InChI=1S/C14H19N3O3/c1-16(2)12-7-6-10(9-15-12)13(18)17-8-4-5-11(17)14(19)20-3/h6-7,9,11H,4-5,8H2,1-3H3. The highest BCUT2D eigenvalue weighted by atomic mass is 16.5. The zero-order chi connectivity index (χ0) is 14.7. The highest BCUT2D eigenvalue weighted by molar-refractivity contribution is 5.97. The predicted molar refractivity (Wildman–Crippen MR) is 74.6 cm³/mol. The summed E-state index contributed by atoms with van der Waals surface area (Å²) in [4.78, 5) is 31.7. The van der Waals surface area contributed by atoms with E-state index in [1.807, 2.05) is 19.0 Å². The number of carbonyl (C=O) groups excluding carboxylic acids is 2. The lowest BCUT2D eigenvalue weighted by atomic mass is 10.2. The lowest BCUT2D eigenvalue weighted by Gasteiger charge is -2.22. The van der Waals surface area contributed by atoms with Crippen LogP contribution in [0.2, 0.25) is 0 Å². The molecule has 1 saturated heterocycles. The fourth-order valence-corrected chi connectivity index (χ4v) is 2.33. The Balaban J connectivity index is 2.16. The number of methoxy groups -OCH3 is 1. The number of pyridine rings is 1. The van der Waals surface area contributed by atoms with Crippen LogP contribution in [0.4, 0.5) is 5.82 Å². The highest BCUT2D eigenvalue weighted by Crippen LogP contribution is 2.21. The van der Waals surface area contributed by atoms with E-state index in [1.54, 1.807) is 23.2 Å². The van der Waals surface area contributed by atoms with Gasteiger partial charge in [0, 0.05) is 26.8 Å². The molecular weight excluding hydrogens is 258 g/mol. The predicted octanol–water partition coefficient (Wildman–Crippen LogP) is 0.925. The third-order valence-electron chi connectivity index (χ3n) is 3.44. The van der Waals surface area contributed by atoms with Gasteiger partial charge in [0.1, 0.15) is 11.9 Å². The summed E-state index contributed by atoms with van der Waals surface area (Å²) in [6.45, 7) is 0.577. The molecule has 6 heteroatoms. The first kappa shape index (κ1) is 14.3. The van der Waals surface area contributed by atoms with E-state index in [-0.39, 0.29) is 11.9 Å². The number of anilines is 1. The molecule has 1 aromatic rings. The molecule has 0 N–H and O–H groups in total. The van der Waals surface area contributed by atoms with Crippen molar-refractivity contribution in [1.82, 2.24) is 9.88 Å². The smallest absolute Gasteiger partial charge is 0.328 e. The van der Waals surface area contributed by atoms with Crippen LogP contribution in [0.15, 0.2) is 18.3 Å². The number of likely N-dealkylation sites (tertiary alicyclic amines) is 1. The lowest BCUT2D eigenvalue weighted by Crippen LogP contribution is -2.41. The average molecular weight is 277 g/mol. The number of esters is 1. The van der Waals surface area contributed by atoms with E-state index in [1.165, 1.54) is 7.11 Å². The molecule has 1 fully saturated rings. The fourth-order valence-electron chi connectivity index (χ4n) is 2.33. The molecular formula is C14H19N3O3. The van der Waals surface area contributed by atoms with Gasteiger partial charge >= 0.3 is 5.97 Å². The van der Waals surface area contributed by atoms with E-state index < -0.39 is 6.04 Å². The van der Waals surface area contributed by atoms with Crippen LogP contribution in [-0.2, 0) is 9.53 Å². The molecule has 0 spiro atoms. The van der Waals surface area contributed by atoms with Crippen LogP contribution in [0.3, 0.4) is 0 Å². The van der Waals surface area contributed by atoms with Crippen LogP contribution in [0.1, 0.15) is 23.2 Å². The van der Waals surface area contributed by atoms with Crippen LogP contribution < -0.4 is 4.90 Å². The molecule has 2 rings (SSSR count). The minimum Gasteiger partial charge on any atom is -0.467 e. The van der Waals surface area contributed by atoms with Gasteiger partial charge in [0.15, 0.2) is 0 Å². The van der Waals surface area contributed by atoms with E-state index >= 15 is 0 Å². The molecule has 1 aromatic heterocycles. The molecule has 1 unspecified atom stereocenters. The van der Waals surface area contributed by atoms with Crippen LogP contribution in [0.25, 0.3) is 0 Å². The van der Waals surface area contributed by atoms with Crippen molar-refractivity contribution in [3.63, 3.8) is 0 Å². The summed E-state index contributed by atoms with van der Waals surface area (Å²) < 4.78 is 4.75. The second kappa shape index (κ2) is 5.90. The zero-order valence-corrected chi connectivity index (χ0v) is 12.0. The number of nitrogens with zero attached hydrogens (tertiary/aromatic N) is 3. The number of rotatable bonds is 3. The van der Waals surface area contributed by atoms with Crippen molar-refractivity contribution in [2.45, 2.75) is 18.9 Å². The largest absolute Gasteiger partial charge is 0.467 e. The van der Waals surface area contributed by atoms with E-state index in [4.69, 9.17) is 4.74 Å². The Morgan fingerprint density at radius 2 is 2.15 bits per heavy atom. The van der Waals surface area contributed by atoms with E-state index in [0.29, 0.717) is 18.5 Å². The molecule has 20 heavy (non-hydrogen) atoms. The molecule has 0 saturated carbocycles. The van der Waals surface area contributed by atoms with Gasteiger partial charge in [-0.15, -0.1) is 0 Å². The number of hydrogen-bond acceptors (Lipinski definition) is 5. The Labute approximate surface area is 118 Å². The number of hydrogen-bond donors (Lipinski definition) is 0. The van der Waals surface area contributed by atoms with Gasteiger partial charge in [-0.25, -0.2) is 9.78 Å². The maximum atomic E-state index is 12.4. The first-order valence-electron chi connectivity index (χ1n) is 6.56. The fraction of sp³-hybridized carbons (Fsp3) is 0.500. The van der Waals surface area contributed by atoms with Crippen molar-refractivity contribution in [1.29, 1.82) is 0 Å². The second-order valence-corrected chi connectivity index (χ2v) is 4.98. The Morgan fingerprint density at radius 1 is 1.40 bits per heavy atom. The summed E-state index contributed by atoms with van der Waals surface area (Å²) in [7, 11) is 5.12. The summed E-state index contributed by atoms with van der Waals surface area (Å²) in [5, 5.41) is 0. The van der Waals surface area contributed by atoms with Crippen LogP contribution in [0.5, 0.6) is 0 Å². The minimum absolute atomic E-state index is 0.171. The van der Waals surface area contributed by atoms with Gasteiger partial charge in [-0.1, -0.05) is 0 Å². The summed E-state index contributed by atoms with van der Waals surface area (Å²) >= 11 is 0. The number of amides is 1. The zero-order valence-electron chi connectivity index (χ0n) is 12.0. The summed E-state index contributed by atoms with van der Waals surface area (Å²) in [6, 6.07) is 3.05. The number of aromatic nitrogens is 1. The Bertz CT molecular complexity index is 499. The van der Waals surface area contributed by atoms with Gasteiger partial charge in [0.2, 0.25) is 0 Å². The van der Waals surface area contributed by atoms with Gasteiger partial charge in [-0.05, 0) is 25.0 Å². The maximum absolute atomic E-state index is 12.4. The third kappa shape index (κ3) is 2.74. The quantitative estimate of drug-likeness (QED) is 0.769. The Kier molecular flexibility index (Phi) is 4.22.